The first-order chi connectivity index (χ1) is 6.74. The molecule has 14 heavy (non-hydrogen) atoms. The van der Waals surface area contributed by atoms with Gasteiger partial charge >= 0.3 is 0 Å². The van der Waals surface area contributed by atoms with Crippen molar-refractivity contribution >= 4 is 5.78 Å². The summed E-state index contributed by atoms with van der Waals surface area (Å²) in [7, 11) is 1.67. The van der Waals surface area contributed by atoms with E-state index < -0.39 is 0 Å². The molecule has 0 aromatic carbocycles. The van der Waals surface area contributed by atoms with Crippen LogP contribution in [0.2, 0.25) is 0 Å². The molecule has 0 aliphatic heterocycles. The molecule has 0 bridgehead atoms. The van der Waals surface area contributed by atoms with Gasteiger partial charge in [-0.05, 0) is 31.7 Å². The van der Waals surface area contributed by atoms with E-state index in [1.165, 1.54) is 12.8 Å². The highest BCUT2D eigenvalue weighted by Gasteiger charge is 2.21. The van der Waals surface area contributed by atoms with Gasteiger partial charge in [-0.1, -0.05) is 6.92 Å². The number of hydrogen-bond donors (Lipinski definition) is 1. The van der Waals surface area contributed by atoms with E-state index in [9.17, 15) is 4.79 Å². The monoisotopic (exact) mass is 199 g/mol. The summed E-state index contributed by atoms with van der Waals surface area (Å²) in [6.45, 7) is 4.19. The van der Waals surface area contributed by atoms with E-state index in [-0.39, 0.29) is 5.92 Å². The van der Waals surface area contributed by atoms with E-state index in [1.54, 1.807) is 7.11 Å². The summed E-state index contributed by atoms with van der Waals surface area (Å²) in [6, 6.07) is 0. The zero-order chi connectivity index (χ0) is 10.4. The van der Waals surface area contributed by atoms with Crippen LogP contribution in [0.1, 0.15) is 26.2 Å². The molecule has 1 unspecified atom stereocenters. The molecular formula is C11H21NO2. The van der Waals surface area contributed by atoms with Gasteiger partial charge in [-0.25, -0.2) is 0 Å². The summed E-state index contributed by atoms with van der Waals surface area (Å²) in [5.74, 6) is 1.28. The van der Waals surface area contributed by atoms with Crippen molar-refractivity contribution in [1.29, 1.82) is 0 Å². The largest absolute Gasteiger partial charge is 0.385 e. The van der Waals surface area contributed by atoms with Gasteiger partial charge in [0, 0.05) is 19.6 Å². The third-order valence-electron chi connectivity index (χ3n) is 2.73. The average Bonchev–Trinajstić information content (AvgIpc) is 2.97. The predicted octanol–water partition coefficient (Wildman–Crippen LogP) is 1.23. The lowest BCUT2D eigenvalue weighted by atomic mass is 10.0. The first-order valence-electron chi connectivity index (χ1n) is 5.46. The number of ketones is 1. The first kappa shape index (κ1) is 11.7. The summed E-state index contributed by atoms with van der Waals surface area (Å²) < 4.78 is 4.94. The summed E-state index contributed by atoms with van der Waals surface area (Å²) in [4.78, 5) is 11.5. The van der Waals surface area contributed by atoms with Gasteiger partial charge in [-0.2, -0.15) is 0 Å². The second-order valence-corrected chi connectivity index (χ2v) is 4.22. The molecule has 3 nitrogen and oxygen atoms in total. The highest BCUT2D eigenvalue weighted by molar-refractivity contribution is 5.82. The Morgan fingerprint density at radius 2 is 2.29 bits per heavy atom. The molecule has 3 heteroatoms. The van der Waals surface area contributed by atoms with Crippen molar-refractivity contribution in [3.05, 3.63) is 0 Å². The van der Waals surface area contributed by atoms with Crippen molar-refractivity contribution in [2.75, 3.05) is 26.8 Å². The third-order valence-corrected chi connectivity index (χ3v) is 2.73. The molecule has 1 aliphatic rings. The third kappa shape index (κ3) is 4.72. The van der Waals surface area contributed by atoms with E-state index in [1.807, 2.05) is 6.92 Å². The maximum absolute atomic E-state index is 11.5. The van der Waals surface area contributed by atoms with Crippen LogP contribution >= 0.6 is 0 Å². The lowest BCUT2D eigenvalue weighted by molar-refractivity contribution is -0.122. The molecule has 1 fully saturated rings. The molecular weight excluding hydrogens is 178 g/mol. The number of hydrogen-bond acceptors (Lipinski definition) is 3. The number of methoxy groups -OCH3 is 1. The van der Waals surface area contributed by atoms with Gasteiger partial charge in [-0.15, -0.1) is 0 Å². The van der Waals surface area contributed by atoms with Gasteiger partial charge in [-0.3, -0.25) is 4.79 Å². The molecule has 1 N–H and O–H groups in total. The van der Waals surface area contributed by atoms with Crippen LogP contribution in [0, 0.1) is 11.8 Å². The zero-order valence-corrected chi connectivity index (χ0v) is 9.21. The van der Waals surface area contributed by atoms with Gasteiger partial charge in [0.1, 0.15) is 5.78 Å². The van der Waals surface area contributed by atoms with Crippen LogP contribution in [0.3, 0.4) is 0 Å². The van der Waals surface area contributed by atoms with Crippen LogP contribution in [-0.4, -0.2) is 32.6 Å². The van der Waals surface area contributed by atoms with Crippen molar-refractivity contribution in [3.8, 4) is 0 Å². The molecule has 0 heterocycles. The molecule has 0 spiro atoms. The highest BCUT2D eigenvalue weighted by Crippen LogP contribution is 2.27. The Morgan fingerprint density at radius 3 is 2.86 bits per heavy atom. The fraction of sp³-hybridized carbons (Fsp3) is 0.909. The Balaban J connectivity index is 2.00. The fourth-order valence-electron chi connectivity index (χ4n) is 1.35. The number of rotatable bonds is 8. The van der Waals surface area contributed by atoms with Crippen molar-refractivity contribution in [1.82, 2.24) is 5.32 Å². The predicted molar refractivity (Wildman–Crippen MR) is 56.3 cm³/mol. The Hall–Kier alpha value is -0.410. The van der Waals surface area contributed by atoms with Crippen LogP contribution in [-0.2, 0) is 9.53 Å². The Labute approximate surface area is 86.2 Å². The molecule has 0 saturated heterocycles. The summed E-state index contributed by atoms with van der Waals surface area (Å²) >= 11 is 0. The van der Waals surface area contributed by atoms with Crippen molar-refractivity contribution in [3.63, 3.8) is 0 Å². The van der Waals surface area contributed by atoms with Gasteiger partial charge in [0.15, 0.2) is 0 Å². The van der Waals surface area contributed by atoms with E-state index in [0.29, 0.717) is 18.9 Å². The molecule has 0 amide bonds. The standard InChI is InChI=1S/C11H21NO2/c1-9(5-6-14-2)11(13)8-12-7-10-3-4-10/h9-10,12H,3-8H2,1-2H3. The topological polar surface area (TPSA) is 38.3 Å². The maximum Gasteiger partial charge on any atom is 0.149 e. The average molecular weight is 199 g/mol. The summed E-state index contributed by atoms with van der Waals surface area (Å²) in [6.07, 6.45) is 3.50. The van der Waals surface area contributed by atoms with Crippen molar-refractivity contribution in [2.24, 2.45) is 11.8 Å². The van der Waals surface area contributed by atoms with Crippen LogP contribution in [0.25, 0.3) is 0 Å². The number of carbonyl (C=O) groups excluding carboxylic acids is 1. The molecule has 1 rings (SSSR count). The summed E-state index contributed by atoms with van der Waals surface area (Å²) in [5.41, 5.74) is 0. The van der Waals surface area contributed by atoms with Crippen LogP contribution < -0.4 is 5.32 Å². The van der Waals surface area contributed by atoms with Crippen LogP contribution in [0.15, 0.2) is 0 Å². The minimum atomic E-state index is 0.127. The van der Waals surface area contributed by atoms with E-state index in [4.69, 9.17) is 4.74 Å². The Morgan fingerprint density at radius 1 is 1.57 bits per heavy atom. The lowest BCUT2D eigenvalue weighted by Crippen LogP contribution is -2.29. The van der Waals surface area contributed by atoms with E-state index in [0.717, 1.165) is 18.9 Å². The second kappa shape index (κ2) is 6.14. The minimum Gasteiger partial charge on any atom is -0.385 e. The number of ether oxygens (including phenoxy) is 1. The summed E-state index contributed by atoms with van der Waals surface area (Å²) in [5, 5.41) is 3.21. The lowest BCUT2D eigenvalue weighted by Gasteiger charge is -2.10. The number of carbonyl (C=O) groups is 1. The molecule has 1 aliphatic carbocycles. The van der Waals surface area contributed by atoms with E-state index in [2.05, 4.69) is 5.32 Å². The van der Waals surface area contributed by atoms with Gasteiger partial charge in [0.2, 0.25) is 0 Å². The van der Waals surface area contributed by atoms with Crippen LogP contribution in [0.4, 0.5) is 0 Å². The van der Waals surface area contributed by atoms with Crippen molar-refractivity contribution in [2.45, 2.75) is 26.2 Å². The normalized spacial score (nSPS) is 18.1. The fourth-order valence-corrected chi connectivity index (χ4v) is 1.35. The number of nitrogens with one attached hydrogen (secondary N) is 1. The van der Waals surface area contributed by atoms with E-state index >= 15 is 0 Å². The second-order valence-electron chi connectivity index (χ2n) is 4.22. The Bertz CT molecular complexity index is 178. The van der Waals surface area contributed by atoms with Crippen LogP contribution in [0.5, 0.6) is 0 Å². The first-order valence-corrected chi connectivity index (χ1v) is 5.46. The molecule has 1 saturated carbocycles. The molecule has 82 valence electrons. The Kier molecular flexibility index (Phi) is 5.12. The smallest absolute Gasteiger partial charge is 0.149 e. The van der Waals surface area contributed by atoms with Gasteiger partial charge in [0.05, 0.1) is 6.54 Å². The highest BCUT2D eigenvalue weighted by atomic mass is 16.5. The maximum atomic E-state index is 11.5. The SMILES string of the molecule is COCCC(C)C(=O)CNCC1CC1. The molecule has 0 aromatic heterocycles. The quantitative estimate of drug-likeness (QED) is 0.639. The molecule has 1 atom stereocenters. The van der Waals surface area contributed by atoms with Gasteiger partial charge < -0.3 is 10.1 Å². The van der Waals surface area contributed by atoms with Crippen molar-refractivity contribution < 1.29 is 9.53 Å². The molecule has 0 aromatic rings. The number of Topliss-reactive ketones (excluding diaryl/α,β-unsaturated/α-hetero) is 1. The minimum absolute atomic E-state index is 0.127. The van der Waals surface area contributed by atoms with Gasteiger partial charge in [0.25, 0.3) is 0 Å². The zero-order valence-electron chi connectivity index (χ0n) is 9.21. The molecule has 0 radical (unpaired) electrons.